The van der Waals surface area contributed by atoms with Crippen LogP contribution in [0.4, 0.5) is 5.82 Å². The number of anilines is 1. The normalized spacial score (nSPS) is 16.7. The van der Waals surface area contributed by atoms with Crippen LogP contribution in [0.5, 0.6) is 11.6 Å². The molecule has 1 aliphatic rings. The summed E-state index contributed by atoms with van der Waals surface area (Å²) >= 11 is 0. The lowest BCUT2D eigenvalue weighted by molar-refractivity contribution is -0.133. The van der Waals surface area contributed by atoms with Crippen LogP contribution in [-0.4, -0.2) is 61.4 Å². The first-order chi connectivity index (χ1) is 13.0. The summed E-state index contributed by atoms with van der Waals surface area (Å²) in [5.74, 6) is 2.18. The Labute approximate surface area is 159 Å². The summed E-state index contributed by atoms with van der Waals surface area (Å²) in [6.45, 7) is 1.34. The first-order valence-electron chi connectivity index (χ1n) is 9.13. The van der Waals surface area contributed by atoms with Crippen LogP contribution in [0.15, 0.2) is 36.4 Å². The molecule has 27 heavy (non-hydrogen) atoms. The van der Waals surface area contributed by atoms with E-state index in [-0.39, 0.29) is 12.0 Å². The van der Waals surface area contributed by atoms with Crippen molar-refractivity contribution in [1.82, 2.24) is 15.1 Å². The molecule has 7 nitrogen and oxygen atoms in total. The second kappa shape index (κ2) is 8.70. The van der Waals surface area contributed by atoms with Crippen molar-refractivity contribution >= 4 is 11.7 Å². The summed E-state index contributed by atoms with van der Waals surface area (Å²) in [7, 11) is 5.46. The quantitative estimate of drug-likeness (QED) is 0.776. The zero-order valence-corrected chi connectivity index (χ0v) is 16.1. The van der Waals surface area contributed by atoms with E-state index in [0.29, 0.717) is 18.8 Å². The predicted molar refractivity (Wildman–Crippen MR) is 103 cm³/mol. The van der Waals surface area contributed by atoms with E-state index in [1.165, 1.54) is 0 Å². The van der Waals surface area contributed by atoms with E-state index in [0.717, 1.165) is 36.5 Å². The number of carbonyl (C=O) groups is 1. The first kappa shape index (κ1) is 18.9. The number of hydrogen-bond acceptors (Lipinski definition) is 6. The third-order valence-corrected chi connectivity index (χ3v) is 4.62. The zero-order valence-electron chi connectivity index (χ0n) is 16.1. The smallest absolute Gasteiger partial charge is 0.233 e. The van der Waals surface area contributed by atoms with Crippen molar-refractivity contribution < 1.29 is 14.3 Å². The van der Waals surface area contributed by atoms with Gasteiger partial charge >= 0.3 is 0 Å². The van der Waals surface area contributed by atoms with Gasteiger partial charge in [0.2, 0.25) is 11.8 Å². The summed E-state index contributed by atoms with van der Waals surface area (Å²) in [6.07, 6.45) is 2.15. The molecule has 1 aliphatic heterocycles. The largest absolute Gasteiger partial charge is 0.497 e. The second-order valence-corrected chi connectivity index (χ2v) is 6.87. The highest BCUT2D eigenvalue weighted by molar-refractivity contribution is 5.79. The maximum absolute atomic E-state index is 12.6. The van der Waals surface area contributed by atoms with E-state index < -0.39 is 0 Å². The van der Waals surface area contributed by atoms with Gasteiger partial charge in [-0.2, -0.15) is 0 Å². The van der Waals surface area contributed by atoms with Crippen molar-refractivity contribution in [3.8, 4) is 11.6 Å². The number of carbonyl (C=O) groups excluding carboxylic acids is 1. The molecular weight excluding hydrogens is 344 g/mol. The van der Waals surface area contributed by atoms with Gasteiger partial charge in [-0.05, 0) is 36.6 Å². The maximum Gasteiger partial charge on any atom is 0.233 e. The Balaban J connectivity index is 1.55. The van der Waals surface area contributed by atoms with Crippen LogP contribution >= 0.6 is 0 Å². The lowest BCUT2D eigenvalue weighted by atomic mass is 10.1. The fraction of sp³-hybridized carbons (Fsp3) is 0.450. The molecule has 1 unspecified atom stereocenters. The summed E-state index contributed by atoms with van der Waals surface area (Å²) in [5, 5.41) is 8.25. The van der Waals surface area contributed by atoms with E-state index in [1.54, 1.807) is 7.11 Å². The van der Waals surface area contributed by atoms with E-state index in [9.17, 15) is 4.79 Å². The van der Waals surface area contributed by atoms with Crippen molar-refractivity contribution in [2.24, 2.45) is 0 Å². The van der Waals surface area contributed by atoms with Crippen LogP contribution in [-0.2, 0) is 11.2 Å². The summed E-state index contributed by atoms with van der Waals surface area (Å²) in [4.78, 5) is 16.4. The monoisotopic (exact) mass is 370 g/mol. The molecule has 1 saturated heterocycles. The molecular formula is C20H26N4O3. The SMILES string of the molecule is COc1ccc(CC(=O)N2CCCC(Oc3ccc(N(C)C)nn3)C2)cc1. The summed E-state index contributed by atoms with van der Waals surface area (Å²) in [6, 6.07) is 11.3. The van der Waals surface area contributed by atoms with Gasteiger partial charge in [0, 0.05) is 26.7 Å². The Morgan fingerprint density at radius 3 is 2.59 bits per heavy atom. The number of nitrogens with zero attached hydrogens (tertiary/aromatic N) is 4. The molecule has 0 saturated carbocycles. The molecule has 0 N–H and O–H groups in total. The van der Waals surface area contributed by atoms with Crippen LogP contribution < -0.4 is 14.4 Å². The highest BCUT2D eigenvalue weighted by Crippen LogP contribution is 2.19. The number of methoxy groups -OCH3 is 1. The van der Waals surface area contributed by atoms with Gasteiger partial charge in [-0.25, -0.2) is 0 Å². The van der Waals surface area contributed by atoms with Gasteiger partial charge in [0.05, 0.1) is 20.1 Å². The van der Waals surface area contributed by atoms with Gasteiger partial charge in [0.15, 0.2) is 5.82 Å². The van der Waals surface area contributed by atoms with Crippen LogP contribution in [0.1, 0.15) is 18.4 Å². The number of likely N-dealkylation sites (tertiary alicyclic amines) is 1. The van der Waals surface area contributed by atoms with Crippen LogP contribution in [0.3, 0.4) is 0 Å². The lowest BCUT2D eigenvalue weighted by Gasteiger charge is -2.32. The molecule has 0 aliphatic carbocycles. The van der Waals surface area contributed by atoms with Crippen molar-refractivity contribution in [2.45, 2.75) is 25.4 Å². The Bertz CT molecular complexity index is 747. The van der Waals surface area contributed by atoms with Crippen LogP contribution in [0.25, 0.3) is 0 Å². The molecule has 0 spiro atoms. The van der Waals surface area contributed by atoms with Crippen LogP contribution in [0.2, 0.25) is 0 Å². The topological polar surface area (TPSA) is 67.8 Å². The Kier molecular flexibility index (Phi) is 6.11. The fourth-order valence-corrected chi connectivity index (χ4v) is 3.08. The van der Waals surface area contributed by atoms with Gasteiger partial charge < -0.3 is 19.3 Å². The van der Waals surface area contributed by atoms with Crippen LogP contribution in [0, 0.1) is 0 Å². The molecule has 0 radical (unpaired) electrons. The number of amides is 1. The third kappa shape index (κ3) is 5.09. The Hall–Kier alpha value is -2.83. The number of benzene rings is 1. The number of hydrogen-bond donors (Lipinski definition) is 0. The van der Waals surface area contributed by atoms with E-state index in [1.807, 2.05) is 60.3 Å². The molecule has 1 aromatic heterocycles. The standard InChI is InChI=1S/C20H26N4O3/c1-23(2)18-10-11-19(22-21-18)27-17-5-4-12-24(14-17)20(25)13-15-6-8-16(26-3)9-7-15/h6-11,17H,4-5,12-14H2,1-3H3. The average molecular weight is 370 g/mol. The van der Waals surface area contributed by atoms with E-state index in [2.05, 4.69) is 10.2 Å². The highest BCUT2D eigenvalue weighted by atomic mass is 16.5. The predicted octanol–water partition coefficient (Wildman–Crippen LogP) is 2.16. The highest BCUT2D eigenvalue weighted by Gasteiger charge is 2.25. The minimum atomic E-state index is -0.0573. The average Bonchev–Trinajstić information content (AvgIpc) is 2.69. The molecule has 7 heteroatoms. The Morgan fingerprint density at radius 1 is 1.19 bits per heavy atom. The van der Waals surface area contributed by atoms with Gasteiger partial charge in [-0.3, -0.25) is 4.79 Å². The van der Waals surface area contributed by atoms with Crippen molar-refractivity contribution in [2.75, 3.05) is 39.2 Å². The lowest BCUT2D eigenvalue weighted by Crippen LogP contribution is -2.45. The number of aromatic nitrogens is 2. The van der Waals surface area contributed by atoms with E-state index in [4.69, 9.17) is 9.47 Å². The Morgan fingerprint density at radius 2 is 1.96 bits per heavy atom. The fourth-order valence-electron chi connectivity index (χ4n) is 3.08. The number of piperidine rings is 1. The van der Waals surface area contributed by atoms with E-state index >= 15 is 0 Å². The minimum Gasteiger partial charge on any atom is -0.497 e. The molecule has 0 bridgehead atoms. The molecule has 1 amide bonds. The summed E-state index contributed by atoms with van der Waals surface area (Å²) < 4.78 is 11.1. The maximum atomic E-state index is 12.6. The van der Waals surface area contributed by atoms with Crippen molar-refractivity contribution in [3.05, 3.63) is 42.0 Å². The third-order valence-electron chi connectivity index (χ3n) is 4.62. The first-order valence-corrected chi connectivity index (χ1v) is 9.13. The van der Waals surface area contributed by atoms with Gasteiger partial charge in [-0.15, -0.1) is 10.2 Å². The van der Waals surface area contributed by atoms with Gasteiger partial charge in [0.1, 0.15) is 11.9 Å². The van der Waals surface area contributed by atoms with Crippen molar-refractivity contribution in [3.63, 3.8) is 0 Å². The summed E-state index contributed by atoms with van der Waals surface area (Å²) in [5.41, 5.74) is 0.981. The molecule has 1 fully saturated rings. The minimum absolute atomic E-state index is 0.0573. The molecule has 1 aromatic carbocycles. The molecule has 3 rings (SSSR count). The molecule has 1 atom stereocenters. The second-order valence-electron chi connectivity index (χ2n) is 6.87. The molecule has 2 aromatic rings. The van der Waals surface area contributed by atoms with Gasteiger partial charge in [-0.1, -0.05) is 12.1 Å². The number of ether oxygens (including phenoxy) is 2. The molecule has 144 valence electrons. The van der Waals surface area contributed by atoms with Crippen molar-refractivity contribution in [1.29, 1.82) is 0 Å². The van der Waals surface area contributed by atoms with Gasteiger partial charge in [0.25, 0.3) is 0 Å². The number of rotatable bonds is 6. The molecule has 2 heterocycles. The zero-order chi connectivity index (χ0) is 19.2.